The van der Waals surface area contributed by atoms with Crippen molar-refractivity contribution in [3.05, 3.63) is 0 Å². The fourth-order valence-electron chi connectivity index (χ4n) is 4.01. The van der Waals surface area contributed by atoms with Crippen LogP contribution in [-0.4, -0.2) is 74.2 Å². The van der Waals surface area contributed by atoms with Crippen LogP contribution in [-0.2, 0) is 0 Å². The highest BCUT2D eigenvalue weighted by molar-refractivity contribution is 4.84. The molecule has 4 fully saturated rings. The molecule has 4 aliphatic rings. The van der Waals surface area contributed by atoms with Gasteiger partial charge >= 0.3 is 0 Å². The summed E-state index contributed by atoms with van der Waals surface area (Å²) in [6, 6.07) is 1.77. The Morgan fingerprint density at radius 1 is 0.632 bits per heavy atom. The van der Waals surface area contributed by atoms with Gasteiger partial charge in [0.05, 0.1) is 0 Å². The largest absolute Gasteiger partial charge is 0.315 e. The van der Waals surface area contributed by atoms with Gasteiger partial charge in [-0.05, 0) is 58.3 Å². The minimum absolute atomic E-state index is 0.877. The summed E-state index contributed by atoms with van der Waals surface area (Å²) in [6.45, 7) is 10.2. The molecule has 0 bridgehead atoms. The third-order valence-electron chi connectivity index (χ3n) is 5.13. The summed E-state index contributed by atoms with van der Waals surface area (Å²) in [5.74, 6) is 0. The Kier molecular flexibility index (Phi) is 5.10. The van der Waals surface area contributed by atoms with Crippen molar-refractivity contribution >= 4 is 0 Å². The Morgan fingerprint density at radius 3 is 1.89 bits per heavy atom. The Hall–Kier alpha value is -0.160. The Morgan fingerprint density at radius 2 is 1.21 bits per heavy atom. The molecule has 4 rings (SSSR count). The molecular weight excluding hydrogens is 236 g/mol. The molecule has 4 heterocycles. The van der Waals surface area contributed by atoms with Crippen molar-refractivity contribution in [1.29, 1.82) is 0 Å². The maximum absolute atomic E-state index is 3.48. The molecule has 4 heteroatoms. The third kappa shape index (κ3) is 3.69. The van der Waals surface area contributed by atoms with Gasteiger partial charge in [-0.3, -0.25) is 9.80 Å². The van der Waals surface area contributed by atoms with Gasteiger partial charge in [0.15, 0.2) is 0 Å². The monoisotopic (exact) mass is 266 g/mol. The van der Waals surface area contributed by atoms with Crippen LogP contribution in [0.15, 0.2) is 0 Å². The summed E-state index contributed by atoms with van der Waals surface area (Å²) in [6.07, 6.45) is 7.04. The van der Waals surface area contributed by atoms with Gasteiger partial charge in [-0.2, -0.15) is 0 Å². The van der Waals surface area contributed by atoms with Crippen LogP contribution in [0.2, 0.25) is 0 Å². The number of nitrogens with zero attached hydrogens (tertiary/aromatic N) is 2. The van der Waals surface area contributed by atoms with Crippen molar-refractivity contribution in [1.82, 2.24) is 20.4 Å². The van der Waals surface area contributed by atoms with Crippen LogP contribution in [0.3, 0.4) is 0 Å². The minimum Gasteiger partial charge on any atom is -0.315 e. The smallest absolute Gasteiger partial charge is 0.0221 e. The first kappa shape index (κ1) is 13.8. The lowest BCUT2D eigenvalue weighted by Crippen LogP contribution is -2.47. The van der Waals surface area contributed by atoms with Crippen molar-refractivity contribution in [2.75, 3.05) is 52.4 Å². The molecule has 0 amide bonds. The molecule has 2 atom stereocenters. The number of fused-ring (bicyclic) bond motifs is 2. The first-order valence-electron chi connectivity index (χ1n) is 8.33. The Labute approximate surface area is 117 Å². The van der Waals surface area contributed by atoms with E-state index in [0.717, 1.165) is 12.1 Å². The molecule has 4 aliphatic heterocycles. The molecule has 0 aromatic rings. The van der Waals surface area contributed by atoms with Crippen LogP contribution in [0, 0.1) is 0 Å². The van der Waals surface area contributed by atoms with Crippen molar-refractivity contribution in [3.8, 4) is 0 Å². The quantitative estimate of drug-likeness (QED) is 0.668. The van der Waals surface area contributed by atoms with Gasteiger partial charge in [0.2, 0.25) is 0 Å². The molecule has 19 heavy (non-hydrogen) atoms. The maximum atomic E-state index is 3.48. The predicted octanol–water partition coefficient (Wildman–Crippen LogP) is 0.498. The Bertz CT molecular complexity index is 247. The fourth-order valence-corrected chi connectivity index (χ4v) is 4.01. The average Bonchev–Trinajstić information content (AvgIpc) is 3.04. The van der Waals surface area contributed by atoms with Crippen LogP contribution in [0.5, 0.6) is 0 Å². The van der Waals surface area contributed by atoms with Gasteiger partial charge in [0.25, 0.3) is 0 Å². The molecule has 110 valence electrons. The highest BCUT2D eigenvalue weighted by Crippen LogP contribution is 2.18. The second-order valence-electron chi connectivity index (χ2n) is 6.43. The topological polar surface area (TPSA) is 30.5 Å². The zero-order valence-corrected chi connectivity index (χ0v) is 12.2. The molecule has 0 aliphatic carbocycles. The maximum Gasteiger partial charge on any atom is 0.0221 e. The number of rotatable bonds is 0. The van der Waals surface area contributed by atoms with E-state index in [2.05, 4.69) is 20.4 Å². The number of piperazine rings is 1. The predicted molar refractivity (Wildman–Crippen MR) is 79.5 cm³/mol. The molecule has 2 unspecified atom stereocenters. The Balaban J connectivity index is 0.000000117. The van der Waals surface area contributed by atoms with Crippen LogP contribution in [0.1, 0.15) is 32.1 Å². The second kappa shape index (κ2) is 7.02. The van der Waals surface area contributed by atoms with Crippen molar-refractivity contribution in [2.45, 2.75) is 44.2 Å². The van der Waals surface area contributed by atoms with Crippen LogP contribution in [0.4, 0.5) is 0 Å². The molecule has 0 aromatic heterocycles. The summed E-state index contributed by atoms with van der Waals surface area (Å²) in [5, 5.41) is 6.89. The highest BCUT2D eigenvalue weighted by atomic mass is 15.2. The molecule has 0 aromatic carbocycles. The number of hydrogen-bond acceptors (Lipinski definition) is 4. The molecule has 4 nitrogen and oxygen atoms in total. The fraction of sp³-hybridized carbons (Fsp3) is 1.00. The lowest BCUT2D eigenvalue weighted by atomic mass is 10.2. The number of hydrogen-bond donors (Lipinski definition) is 2. The van der Waals surface area contributed by atoms with Gasteiger partial charge in [0.1, 0.15) is 0 Å². The molecule has 0 saturated carbocycles. The summed E-state index contributed by atoms with van der Waals surface area (Å²) < 4.78 is 0. The zero-order valence-electron chi connectivity index (χ0n) is 12.2. The van der Waals surface area contributed by atoms with Crippen LogP contribution in [0.25, 0.3) is 0 Å². The summed E-state index contributed by atoms with van der Waals surface area (Å²) in [5.41, 5.74) is 0. The van der Waals surface area contributed by atoms with Gasteiger partial charge < -0.3 is 10.6 Å². The normalized spacial score (nSPS) is 36.0. The average molecular weight is 266 g/mol. The molecule has 2 N–H and O–H groups in total. The first-order chi connectivity index (χ1) is 9.43. The minimum atomic E-state index is 0.877. The SMILES string of the molecule is C1CC2CNCCN2C1.C1CNCC2CCCN2C1. The zero-order chi connectivity index (χ0) is 12.9. The van der Waals surface area contributed by atoms with E-state index in [-0.39, 0.29) is 0 Å². The summed E-state index contributed by atoms with van der Waals surface area (Å²) in [4.78, 5) is 5.25. The van der Waals surface area contributed by atoms with E-state index in [9.17, 15) is 0 Å². The first-order valence-corrected chi connectivity index (χ1v) is 8.33. The standard InChI is InChI=1S/C8H16N2.C7H14N2/c1-3-8-7-9-4-2-6-10(8)5-1;1-2-7-6-8-3-5-9(7)4-1/h8-9H,1-7H2;7-8H,1-6H2. The van der Waals surface area contributed by atoms with E-state index in [1.54, 1.807) is 0 Å². The van der Waals surface area contributed by atoms with Gasteiger partial charge in [-0.15, -0.1) is 0 Å². The molecular formula is C15H30N4. The van der Waals surface area contributed by atoms with E-state index in [4.69, 9.17) is 0 Å². The lowest BCUT2D eigenvalue weighted by Gasteiger charge is -2.29. The van der Waals surface area contributed by atoms with Crippen LogP contribution >= 0.6 is 0 Å². The molecule has 4 saturated heterocycles. The van der Waals surface area contributed by atoms with E-state index < -0.39 is 0 Å². The molecule has 0 spiro atoms. The highest BCUT2D eigenvalue weighted by Gasteiger charge is 2.26. The van der Waals surface area contributed by atoms with E-state index in [0.29, 0.717) is 0 Å². The van der Waals surface area contributed by atoms with Crippen molar-refractivity contribution in [2.24, 2.45) is 0 Å². The number of nitrogens with one attached hydrogen (secondary N) is 2. The van der Waals surface area contributed by atoms with Gasteiger partial charge in [0, 0.05) is 38.3 Å². The van der Waals surface area contributed by atoms with Gasteiger partial charge in [-0.1, -0.05) is 0 Å². The van der Waals surface area contributed by atoms with Crippen molar-refractivity contribution < 1.29 is 0 Å². The van der Waals surface area contributed by atoms with E-state index in [1.165, 1.54) is 84.5 Å². The van der Waals surface area contributed by atoms with Crippen LogP contribution < -0.4 is 10.6 Å². The summed E-state index contributed by atoms with van der Waals surface area (Å²) in [7, 11) is 0. The van der Waals surface area contributed by atoms with E-state index in [1.807, 2.05) is 0 Å². The molecule has 0 radical (unpaired) electrons. The van der Waals surface area contributed by atoms with Crippen molar-refractivity contribution in [3.63, 3.8) is 0 Å². The van der Waals surface area contributed by atoms with E-state index >= 15 is 0 Å². The summed E-state index contributed by atoms with van der Waals surface area (Å²) >= 11 is 0. The lowest BCUT2D eigenvalue weighted by molar-refractivity contribution is 0.212. The third-order valence-corrected chi connectivity index (χ3v) is 5.13. The van der Waals surface area contributed by atoms with Gasteiger partial charge in [-0.25, -0.2) is 0 Å². The second-order valence-corrected chi connectivity index (χ2v) is 6.43.